The molecule has 1 aliphatic rings. The number of aromatic hydroxyl groups is 1. The SMILES string of the molecule is Oc1ccc(N[C@H]2OC[C@@H](O)[C@@H](O)[C@@H]2O)cc1. The fraction of sp³-hybridized carbons (Fsp3) is 0.455. The van der Waals surface area contributed by atoms with E-state index in [0.717, 1.165) is 0 Å². The molecule has 0 bridgehead atoms. The van der Waals surface area contributed by atoms with E-state index in [9.17, 15) is 15.3 Å². The molecule has 6 nitrogen and oxygen atoms in total. The molecule has 94 valence electrons. The monoisotopic (exact) mass is 241 g/mol. The van der Waals surface area contributed by atoms with Crippen molar-refractivity contribution in [3.8, 4) is 5.75 Å². The Morgan fingerprint density at radius 2 is 1.71 bits per heavy atom. The van der Waals surface area contributed by atoms with Crippen LogP contribution in [0.5, 0.6) is 5.75 Å². The maximum atomic E-state index is 9.68. The highest BCUT2D eigenvalue weighted by Gasteiger charge is 2.37. The van der Waals surface area contributed by atoms with Gasteiger partial charge in [-0.25, -0.2) is 0 Å². The predicted octanol–water partition coefficient (Wildman–Crippen LogP) is -0.757. The van der Waals surface area contributed by atoms with E-state index in [-0.39, 0.29) is 12.4 Å². The van der Waals surface area contributed by atoms with Gasteiger partial charge in [-0.3, -0.25) is 0 Å². The molecular formula is C11H15NO5. The van der Waals surface area contributed by atoms with Crippen LogP contribution in [-0.4, -0.2) is 51.6 Å². The number of phenolic OH excluding ortho intramolecular Hbond substituents is 1. The first kappa shape index (κ1) is 12.1. The summed E-state index contributed by atoms with van der Waals surface area (Å²) in [6.07, 6.45) is -4.33. The van der Waals surface area contributed by atoms with Gasteiger partial charge in [0.05, 0.1) is 6.61 Å². The standard InChI is InChI=1S/C11H15NO5/c13-7-3-1-6(2-4-7)12-11-10(16)9(15)8(14)5-17-11/h1-4,8-16H,5H2/t8-,9-,10+,11+/m1/s1. The molecule has 0 radical (unpaired) electrons. The summed E-state index contributed by atoms with van der Waals surface area (Å²) in [5.74, 6) is 0.135. The number of hydrogen-bond donors (Lipinski definition) is 5. The van der Waals surface area contributed by atoms with E-state index >= 15 is 0 Å². The summed E-state index contributed by atoms with van der Waals surface area (Å²) < 4.78 is 5.17. The zero-order chi connectivity index (χ0) is 12.4. The van der Waals surface area contributed by atoms with E-state index in [1.807, 2.05) is 0 Å². The molecule has 0 amide bonds. The molecule has 17 heavy (non-hydrogen) atoms. The van der Waals surface area contributed by atoms with Crippen molar-refractivity contribution in [2.24, 2.45) is 0 Å². The largest absolute Gasteiger partial charge is 0.508 e. The Balaban J connectivity index is 2.01. The first-order chi connectivity index (χ1) is 8.08. The maximum Gasteiger partial charge on any atom is 0.156 e. The van der Waals surface area contributed by atoms with Crippen molar-refractivity contribution >= 4 is 5.69 Å². The second-order valence-corrected chi connectivity index (χ2v) is 3.99. The normalized spacial score (nSPS) is 33.4. The summed E-state index contributed by atoms with van der Waals surface area (Å²) in [7, 11) is 0. The summed E-state index contributed by atoms with van der Waals surface area (Å²) in [5, 5.41) is 40.4. The second kappa shape index (κ2) is 4.89. The molecule has 1 saturated heterocycles. The first-order valence-electron chi connectivity index (χ1n) is 5.29. The van der Waals surface area contributed by atoms with Crippen LogP contribution in [0.3, 0.4) is 0 Å². The summed E-state index contributed by atoms with van der Waals surface area (Å²) >= 11 is 0. The van der Waals surface area contributed by atoms with Crippen LogP contribution in [0, 0.1) is 0 Å². The number of anilines is 1. The average Bonchev–Trinajstić information content (AvgIpc) is 2.33. The lowest BCUT2D eigenvalue weighted by Crippen LogP contribution is -2.55. The summed E-state index contributed by atoms with van der Waals surface area (Å²) in [6, 6.07) is 6.21. The minimum Gasteiger partial charge on any atom is -0.508 e. The van der Waals surface area contributed by atoms with Gasteiger partial charge in [0.2, 0.25) is 0 Å². The molecular weight excluding hydrogens is 226 g/mol. The van der Waals surface area contributed by atoms with Gasteiger partial charge in [0.25, 0.3) is 0 Å². The molecule has 1 aromatic carbocycles. The van der Waals surface area contributed by atoms with Crippen LogP contribution in [0.2, 0.25) is 0 Å². The van der Waals surface area contributed by atoms with Gasteiger partial charge in [-0.15, -0.1) is 0 Å². The average molecular weight is 241 g/mol. The molecule has 1 heterocycles. The Morgan fingerprint density at radius 3 is 2.35 bits per heavy atom. The number of hydrogen-bond acceptors (Lipinski definition) is 6. The molecule has 0 aliphatic carbocycles. The van der Waals surface area contributed by atoms with Crippen molar-refractivity contribution in [2.75, 3.05) is 11.9 Å². The van der Waals surface area contributed by atoms with Gasteiger partial charge in [0.15, 0.2) is 6.23 Å². The van der Waals surface area contributed by atoms with Crippen LogP contribution in [-0.2, 0) is 4.74 Å². The van der Waals surface area contributed by atoms with E-state index in [2.05, 4.69) is 5.32 Å². The lowest BCUT2D eigenvalue weighted by atomic mass is 10.0. The fourth-order valence-electron chi connectivity index (χ4n) is 1.66. The highest BCUT2D eigenvalue weighted by Crippen LogP contribution is 2.20. The topological polar surface area (TPSA) is 102 Å². The quantitative estimate of drug-likeness (QED) is 0.436. The number of phenols is 1. The van der Waals surface area contributed by atoms with E-state index in [1.165, 1.54) is 12.1 Å². The van der Waals surface area contributed by atoms with E-state index in [0.29, 0.717) is 5.69 Å². The van der Waals surface area contributed by atoms with E-state index in [1.54, 1.807) is 12.1 Å². The Kier molecular flexibility index (Phi) is 3.49. The minimum absolute atomic E-state index is 0.0476. The van der Waals surface area contributed by atoms with Crippen molar-refractivity contribution in [1.82, 2.24) is 0 Å². The first-order valence-corrected chi connectivity index (χ1v) is 5.29. The van der Waals surface area contributed by atoms with Crippen LogP contribution < -0.4 is 5.32 Å². The van der Waals surface area contributed by atoms with Crippen molar-refractivity contribution in [1.29, 1.82) is 0 Å². The third-order valence-corrected chi connectivity index (χ3v) is 2.68. The Bertz CT molecular complexity index is 369. The third kappa shape index (κ3) is 2.67. The summed E-state index contributed by atoms with van der Waals surface area (Å²) in [5.41, 5.74) is 0.635. The van der Waals surface area contributed by atoms with Crippen molar-refractivity contribution < 1.29 is 25.2 Å². The zero-order valence-corrected chi connectivity index (χ0v) is 9.02. The van der Waals surface area contributed by atoms with E-state index in [4.69, 9.17) is 9.84 Å². The van der Waals surface area contributed by atoms with Gasteiger partial charge in [-0.2, -0.15) is 0 Å². The molecule has 5 N–H and O–H groups in total. The van der Waals surface area contributed by atoms with Gasteiger partial charge in [0, 0.05) is 5.69 Å². The summed E-state index contributed by atoms with van der Waals surface area (Å²) in [6.45, 7) is -0.0476. The van der Waals surface area contributed by atoms with Crippen LogP contribution in [0.25, 0.3) is 0 Å². The molecule has 4 atom stereocenters. The highest BCUT2D eigenvalue weighted by molar-refractivity contribution is 5.46. The predicted molar refractivity (Wildman–Crippen MR) is 59.5 cm³/mol. The number of rotatable bonds is 2. The van der Waals surface area contributed by atoms with E-state index < -0.39 is 24.5 Å². The number of benzene rings is 1. The Morgan fingerprint density at radius 1 is 1.06 bits per heavy atom. The molecule has 0 aromatic heterocycles. The van der Waals surface area contributed by atoms with Crippen LogP contribution in [0.1, 0.15) is 0 Å². The number of aliphatic hydroxyl groups is 3. The molecule has 1 aliphatic heterocycles. The van der Waals surface area contributed by atoms with Gasteiger partial charge >= 0.3 is 0 Å². The van der Waals surface area contributed by atoms with Gasteiger partial charge in [-0.05, 0) is 24.3 Å². The van der Waals surface area contributed by atoms with Crippen LogP contribution in [0.15, 0.2) is 24.3 Å². The lowest BCUT2D eigenvalue weighted by molar-refractivity contribution is -0.178. The Labute approximate surface area is 98.1 Å². The van der Waals surface area contributed by atoms with Crippen molar-refractivity contribution in [2.45, 2.75) is 24.5 Å². The second-order valence-electron chi connectivity index (χ2n) is 3.99. The summed E-state index contributed by atoms with van der Waals surface area (Å²) in [4.78, 5) is 0. The minimum atomic E-state index is -1.24. The number of aliphatic hydroxyl groups excluding tert-OH is 3. The number of nitrogens with one attached hydrogen (secondary N) is 1. The molecule has 0 saturated carbocycles. The molecule has 0 unspecified atom stereocenters. The third-order valence-electron chi connectivity index (χ3n) is 2.68. The van der Waals surface area contributed by atoms with Gasteiger partial charge in [-0.1, -0.05) is 0 Å². The molecule has 2 rings (SSSR count). The zero-order valence-electron chi connectivity index (χ0n) is 9.02. The van der Waals surface area contributed by atoms with Crippen LogP contribution in [0.4, 0.5) is 5.69 Å². The van der Waals surface area contributed by atoms with Crippen LogP contribution >= 0.6 is 0 Å². The molecule has 6 heteroatoms. The highest BCUT2D eigenvalue weighted by atomic mass is 16.5. The molecule has 1 fully saturated rings. The fourth-order valence-corrected chi connectivity index (χ4v) is 1.66. The van der Waals surface area contributed by atoms with Crippen molar-refractivity contribution in [3.05, 3.63) is 24.3 Å². The molecule has 0 spiro atoms. The number of ether oxygens (including phenoxy) is 1. The Hall–Kier alpha value is -1.34. The lowest BCUT2D eigenvalue weighted by Gasteiger charge is -2.35. The van der Waals surface area contributed by atoms with Gasteiger partial charge in [0.1, 0.15) is 24.1 Å². The van der Waals surface area contributed by atoms with Crippen molar-refractivity contribution in [3.63, 3.8) is 0 Å². The van der Waals surface area contributed by atoms with Gasteiger partial charge < -0.3 is 30.5 Å². The molecule has 1 aromatic rings. The maximum absolute atomic E-state index is 9.68. The smallest absolute Gasteiger partial charge is 0.156 e.